The lowest BCUT2D eigenvalue weighted by Gasteiger charge is -2.27. The first-order valence-electron chi connectivity index (χ1n) is 11.0. The monoisotopic (exact) mass is 465 g/mol. The van der Waals surface area contributed by atoms with Crippen LogP contribution >= 0.6 is 0 Å². The number of hydrogen-bond acceptors (Lipinski definition) is 5. The van der Waals surface area contributed by atoms with Crippen molar-refractivity contribution in [1.82, 2.24) is 9.80 Å². The number of hydrogen-bond donors (Lipinski definition) is 1. The molecule has 1 heterocycles. The Labute approximate surface area is 200 Å². The molecule has 0 saturated heterocycles. The summed E-state index contributed by atoms with van der Waals surface area (Å²) in [6, 6.07) is 20.1. The summed E-state index contributed by atoms with van der Waals surface area (Å²) >= 11 is 0. The highest BCUT2D eigenvalue weighted by Crippen LogP contribution is 2.18. The van der Waals surface area contributed by atoms with Gasteiger partial charge in [0.25, 0.3) is 0 Å². The maximum Gasteiger partial charge on any atom is 0.322 e. The summed E-state index contributed by atoms with van der Waals surface area (Å²) in [6.07, 6.45) is 0. The Bertz CT molecular complexity index is 1070. The number of aryl methyl sites for hydroxylation is 1. The fourth-order valence-corrected chi connectivity index (χ4v) is 3.41. The van der Waals surface area contributed by atoms with Crippen molar-refractivity contribution >= 4 is 17.6 Å². The summed E-state index contributed by atoms with van der Waals surface area (Å²) in [5, 5.41) is 2.83. The third-order valence-electron chi connectivity index (χ3n) is 5.21. The second kappa shape index (κ2) is 12.5. The fraction of sp³-hybridized carbons (Fsp3) is 0.308. The normalized spacial score (nSPS) is 10.6. The van der Waals surface area contributed by atoms with Crippen LogP contribution in [-0.2, 0) is 22.6 Å². The zero-order valence-corrected chi connectivity index (χ0v) is 19.8. The minimum Gasteiger partial charge on any atom is -0.497 e. The molecule has 3 amide bonds. The van der Waals surface area contributed by atoms with Crippen LogP contribution in [0.15, 0.2) is 71.1 Å². The molecule has 0 saturated carbocycles. The molecule has 3 aromatic rings. The topological polar surface area (TPSA) is 84.2 Å². The van der Waals surface area contributed by atoms with E-state index in [4.69, 9.17) is 13.9 Å². The number of anilines is 1. The maximum absolute atomic E-state index is 13.4. The number of methoxy groups -OCH3 is 2. The molecule has 0 fully saturated rings. The largest absolute Gasteiger partial charge is 0.497 e. The van der Waals surface area contributed by atoms with Gasteiger partial charge in [0.15, 0.2) is 0 Å². The van der Waals surface area contributed by atoms with Gasteiger partial charge in [-0.25, -0.2) is 4.79 Å². The van der Waals surface area contributed by atoms with Crippen LogP contribution in [0.3, 0.4) is 0 Å². The molecule has 0 bridgehead atoms. The van der Waals surface area contributed by atoms with E-state index in [-0.39, 0.29) is 19.0 Å². The van der Waals surface area contributed by atoms with Gasteiger partial charge in [0.2, 0.25) is 5.91 Å². The van der Waals surface area contributed by atoms with Gasteiger partial charge >= 0.3 is 6.03 Å². The molecule has 8 nitrogen and oxygen atoms in total. The highest BCUT2D eigenvalue weighted by Gasteiger charge is 2.23. The molecule has 180 valence electrons. The van der Waals surface area contributed by atoms with E-state index >= 15 is 0 Å². The number of ether oxygens (including phenoxy) is 2. The SMILES string of the molecule is COCCN(CC(=O)N(Cc1ccccc1)Cc1ccc(C)o1)C(=O)Nc1cccc(OC)c1. The minimum atomic E-state index is -0.396. The Hall–Kier alpha value is -3.78. The van der Waals surface area contributed by atoms with Crippen molar-refractivity contribution in [3.63, 3.8) is 0 Å². The highest BCUT2D eigenvalue weighted by molar-refractivity contribution is 5.92. The first kappa shape index (κ1) is 24.9. The zero-order valence-electron chi connectivity index (χ0n) is 19.8. The Morgan fingerprint density at radius 3 is 2.41 bits per heavy atom. The predicted octanol–water partition coefficient (Wildman–Crippen LogP) is 4.31. The quantitative estimate of drug-likeness (QED) is 0.456. The molecule has 1 aromatic heterocycles. The number of benzene rings is 2. The predicted molar refractivity (Wildman–Crippen MR) is 130 cm³/mol. The first-order valence-corrected chi connectivity index (χ1v) is 11.0. The zero-order chi connectivity index (χ0) is 24.3. The minimum absolute atomic E-state index is 0.105. The maximum atomic E-state index is 13.4. The van der Waals surface area contributed by atoms with Crippen LogP contribution in [-0.4, -0.2) is 55.7 Å². The van der Waals surface area contributed by atoms with Crippen LogP contribution < -0.4 is 10.1 Å². The van der Waals surface area contributed by atoms with Gasteiger partial charge in [-0.15, -0.1) is 0 Å². The first-order chi connectivity index (χ1) is 16.5. The molecular weight excluding hydrogens is 434 g/mol. The number of furan rings is 1. The van der Waals surface area contributed by atoms with Crippen LogP contribution in [0.1, 0.15) is 17.1 Å². The Morgan fingerprint density at radius 2 is 1.74 bits per heavy atom. The molecular formula is C26H31N3O5. The molecule has 0 aliphatic rings. The van der Waals surface area contributed by atoms with E-state index in [0.717, 1.165) is 11.3 Å². The molecule has 2 aromatic carbocycles. The van der Waals surface area contributed by atoms with Crippen molar-refractivity contribution in [1.29, 1.82) is 0 Å². The molecule has 0 spiro atoms. The lowest BCUT2D eigenvalue weighted by Crippen LogP contribution is -2.45. The van der Waals surface area contributed by atoms with E-state index in [1.807, 2.05) is 49.4 Å². The number of carbonyl (C=O) groups excluding carboxylic acids is 2. The number of nitrogens with one attached hydrogen (secondary N) is 1. The summed E-state index contributed by atoms with van der Waals surface area (Å²) in [5.41, 5.74) is 1.56. The Morgan fingerprint density at radius 1 is 0.941 bits per heavy atom. The van der Waals surface area contributed by atoms with Gasteiger partial charge in [0.05, 0.1) is 20.3 Å². The van der Waals surface area contributed by atoms with E-state index in [2.05, 4.69) is 5.32 Å². The summed E-state index contributed by atoms with van der Waals surface area (Å²) in [7, 11) is 3.12. The lowest BCUT2D eigenvalue weighted by molar-refractivity contribution is -0.133. The van der Waals surface area contributed by atoms with Crippen LogP contribution in [0.5, 0.6) is 5.75 Å². The van der Waals surface area contributed by atoms with Gasteiger partial charge < -0.3 is 29.0 Å². The van der Waals surface area contributed by atoms with Gasteiger partial charge in [0.1, 0.15) is 23.8 Å². The smallest absolute Gasteiger partial charge is 0.322 e. The Kier molecular flexibility index (Phi) is 9.11. The molecule has 3 rings (SSSR count). The van der Waals surface area contributed by atoms with Crippen molar-refractivity contribution in [3.8, 4) is 5.75 Å². The number of urea groups is 1. The standard InChI is InChI=1S/C26H31N3O5/c1-20-12-13-24(34-20)18-29(17-21-8-5-4-6-9-21)25(30)19-28(14-15-32-2)26(31)27-22-10-7-11-23(16-22)33-3/h4-13,16H,14-15,17-19H2,1-3H3,(H,27,31). The average Bonchev–Trinajstić information content (AvgIpc) is 3.26. The fourth-order valence-electron chi connectivity index (χ4n) is 3.41. The summed E-state index contributed by atoms with van der Waals surface area (Å²) in [6.45, 7) is 3.02. The van der Waals surface area contributed by atoms with E-state index in [1.54, 1.807) is 43.4 Å². The van der Waals surface area contributed by atoms with Crippen molar-refractivity contribution in [2.24, 2.45) is 0 Å². The van der Waals surface area contributed by atoms with Crippen molar-refractivity contribution in [2.45, 2.75) is 20.0 Å². The molecule has 8 heteroatoms. The van der Waals surface area contributed by atoms with Crippen LogP contribution in [0.4, 0.5) is 10.5 Å². The molecule has 0 atom stereocenters. The lowest BCUT2D eigenvalue weighted by atomic mass is 10.2. The molecule has 0 aliphatic heterocycles. The highest BCUT2D eigenvalue weighted by atomic mass is 16.5. The Balaban J connectivity index is 1.75. The molecule has 0 unspecified atom stereocenters. The third-order valence-corrected chi connectivity index (χ3v) is 5.21. The van der Waals surface area contributed by atoms with Gasteiger partial charge in [-0.3, -0.25) is 4.79 Å². The number of carbonyl (C=O) groups is 2. The second-order valence-corrected chi connectivity index (χ2v) is 7.82. The number of rotatable bonds is 11. The number of amides is 3. The molecule has 0 radical (unpaired) electrons. The van der Waals surface area contributed by atoms with Crippen LogP contribution in [0, 0.1) is 6.92 Å². The van der Waals surface area contributed by atoms with E-state index in [9.17, 15) is 9.59 Å². The molecule has 0 aliphatic carbocycles. The molecule has 34 heavy (non-hydrogen) atoms. The van der Waals surface area contributed by atoms with E-state index < -0.39 is 6.03 Å². The summed E-state index contributed by atoms with van der Waals surface area (Å²) < 4.78 is 16.1. The number of nitrogens with zero attached hydrogens (tertiary/aromatic N) is 2. The van der Waals surface area contributed by atoms with Gasteiger partial charge in [-0.2, -0.15) is 0 Å². The average molecular weight is 466 g/mol. The van der Waals surface area contributed by atoms with E-state index in [0.29, 0.717) is 36.9 Å². The third kappa shape index (κ3) is 7.38. The van der Waals surface area contributed by atoms with Crippen molar-refractivity contribution in [2.75, 3.05) is 39.2 Å². The molecule has 1 N–H and O–H groups in total. The summed E-state index contributed by atoms with van der Waals surface area (Å²) in [5.74, 6) is 1.89. The van der Waals surface area contributed by atoms with Crippen molar-refractivity contribution < 1.29 is 23.5 Å². The van der Waals surface area contributed by atoms with Crippen molar-refractivity contribution in [3.05, 3.63) is 83.8 Å². The van der Waals surface area contributed by atoms with E-state index in [1.165, 1.54) is 4.90 Å². The van der Waals surface area contributed by atoms with Gasteiger partial charge in [-0.1, -0.05) is 36.4 Å². The summed E-state index contributed by atoms with van der Waals surface area (Å²) in [4.78, 5) is 29.5. The second-order valence-electron chi connectivity index (χ2n) is 7.82. The van der Waals surface area contributed by atoms with Gasteiger partial charge in [-0.05, 0) is 36.8 Å². The van der Waals surface area contributed by atoms with Crippen LogP contribution in [0.2, 0.25) is 0 Å². The van der Waals surface area contributed by atoms with Crippen LogP contribution in [0.25, 0.3) is 0 Å². The van der Waals surface area contributed by atoms with Gasteiger partial charge in [0, 0.05) is 32.0 Å².